The third kappa shape index (κ3) is 5.52. The summed E-state index contributed by atoms with van der Waals surface area (Å²) in [5, 5.41) is 14.9. The van der Waals surface area contributed by atoms with Crippen molar-refractivity contribution < 1.29 is 9.59 Å². The van der Waals surface area contributed by atoms with Gasteiger partial charge in [0.05, 0.1) is 11.8 Å². The van der Waals surface area contributed by atoms with Crippen molar-refractivity contribution in [3.8, 4) is 0 Å². The van der Waals surface area contributed by atoms with E-state index in [-0.39, 0.29) is 23.6 Å². The zero-order valence-corrected chi connectivity index (χ0v) is 19.2. The number of carbonyl (C=O) groups is 2. The molecule has 0 saturated heterocycles. The lowest BCUT2D eigenvalue weighted by Crippen LogP contribution is -2.29. The minimum Gasteiger partial charge on any atom is -0.342 e. The number of rotatable bonds is 7. The zero-order chi connectivity index (χ0) is 22.5. The van der Waals surface area contributed by atoms with Gasteiger partial charge in [-0.25, -0.2) is 0 Å². The van der Waals surface area contributed by atoms with E-state index in [4.69, 9.17) is 0 Å². The maximum Gasteiger partial charge on any atom is 0.252 e. The Labute approximate surface area is 186 Å². The third-order valence-corrected chi connectivity index (χ3v) is 6.01. The van der Waals surface area contributed by atoms with Gasteiger partial charge in [0.25, 0.3) is 5.91 Å². The fourth-order valence-corrected chi connectivity index (χ4v) is 3.90. The molecule has 0 fully saturated rings. The highest BCUT2D eigenvalue weighted by Crippen LogP contribution is 2.21. The predicted octanol–water partition coefficient (Wildman–Crippen LogP) is 3.96. The van der Waals surface area contributed by atoms with E-state index in [2.05, 4.69) is 20.8 Å². The van der Waals surface area contributed by atoms with Crippen molar-refractivity contribution in [2.75, 3.05) is 11.1 Å². The van der Waals surface area contributed by atoms with E-state index in [0.29, 0.717) is 16.5 Å². The van der Waals surface area contributed by atoms with Crippen LogP contribution in [0.25, 0.3) is 0 Å². The number of nitrogens with zero attached hydrogens (tertiary/aromatic N) is 3. The predicted molar refractivity (Wildman–Crippen MR) is 123 cm³/mol. The van der Waals surface area contributed by atoms with Crippen molar-refractivity contribution in [3.05, 3.63) is 70.5 Å². The van der Waals surface area contributed by atoms with E-state index in [1.165, 1.54) is 11.8 Å². The molecule has 1 heterocycles. The first-order valence-electron chi connectivity index (χ1n) is 10.0. The van der Waals surface area contributed by atoms with Crippen LogP contribution in [0, 0.1) is 20.8 Å². The molecule has 0 aliphatic rings. The standard InChI is InChI=1S/C23H27N5O2S/c1-14-10-11-16(3)19(12-14)25-20(29)13-31-23-27-26-21(28(23)5)17(4)24-22(30)18-9-7-6-8-15(18)2/h6-12,17H,13H2,1-5H3,(H,24,30)(H,25,29)/t17-/m0/s1. The average Bonchev–Trinajstić information content (AvgIpc) is 3.10. The first kappa shape index (κ1) is 22.6. The Morgan fingerprint density at radius 3 is 2.55 bits per heavy atom. The van der Waals surface area contributed by atoms with Gasteiger partial charge >= 0.3 is 0 Å². The van der Waals surface area contributed by atoms with Crippen molar-refractivity contribution in [1.82, 2.24) is 20.1 Å². The second-order valence-electron chi connectivity index (χ2n) is 7.57. The van der Waals surface area contributed by atoms with Crippen LogP contribution >= 0.6 is 11.8 Å². The van der Waals surface area contributed by atoms with Gasteiger partial charge in [0.1, 0.15) is 0 Å². The van der Waals surface area contributed by atoms with Crippen LogP contribution in [0.2, 0.25) is 0 Å². The Morgan fingerprint density at radius 1 is 1.06 bits per heavy atom. The molecule has 0 radical (unpaired) electrons. The van der Waals surface area contributed by atoms with Crippen molar-refractivity contribution in [1.29, 1.82) is 0 Å². The highest BCUT2D eigenvalue weighted by Gasteiger charge is 2.19. The minimum absolute atomic E-state index is 0.107. The van der Waals surface area contributed by atoms with E-state index in [9.17, 15) is 9.59 Å². The van der Waals surface area contributed by atoms with Crippen molar-refractivity contribution >= 4 is 29.3 Å². The highest BCUT2D eigenvalue weighted by atomic mass is 32.2. The molecule has 0 bridgehead atoms. The highest BCUT2D eigenvalue weighted by molar-refractivity contribution is 7.99. The monoisotopic (exact) mass is 437 g/mol. The molecule has 0 spiro atoms. The Bertz CT molecular complexity index is 1110. The molecular formula is C23H27N5O2S. The molecule has 0 aliphatic heterocycles. The number of hydrogen-bond donors (Lipinski definition) is 2. The van der Waals surface area contributed by atoms with Crippen LogP contribution in [0.3, 0.4) is 0 Å². The van der Waals surface area contributed by atoms with Gasteiger partial charge in [-0.3, -0.25) is 9.59 Å². The second kappa shape index (κ2) is 9.78. The molecule has 1 aromatic heterocycles. The number of aryl methyl sites for hydroxylation is 3. The summed E-state index contributed by atoms with van der Waals surface area (Å²) in [5.41, 5.74) is 4.47. The summed E-state index contributed by atoms with van der Waals surface area (Å²) < 4.78 is 1.80. The Kier molecular flexibility index (Phi) is 7.12. The zero-order valence-electron chi connectivity index (χ0n) is 18.4. The van der Waals surface area contributed by atoms with Crippen molar-refractivity contribution in [2.45, 2.75) is 38.9 Å². The molecule has 31 heavy (non-hydrogen) atoms. The molecule has 2 N–H and O–H groups in total. The normalized spacial score (nSPS) is 11.8. The van der Waals surface area contributed by atoms with Gasteiger partial charge in [0.2, 0.25) is 5.91 Å². The van der Waals surface area contributed by atoms with E-state index < -0.39 is 0 Å². The summed E-state index contributed by atoms with van der Waals surface area (Å²) in [6.45, 7) is 7.72. The first-order chi connectivity index (χ1) is 14.8. The van der Waals surface area contributed by atoms with Gasteiger partial charge in [0.15, 0.2) is 11.0 Å². The number of carbonyl (C=O) groups excluding carboxylic acids is 2. The summed E-state index contributed by atoms with van der Waals surface area (Å²) >= 11 is 1.31. The quantitative estimate of drug-likeness (QED) is 0.546. The van der Waals surface area contributed by atoms with Crippen LogP contribution in [0.5, 0.6) is 0 Å². The number of aromatic nitrogens is 3. The summed E-state index contributed by atoms with van der Waals surface area (Å²) in [6, 6.07) is 13.1. The topological polar surface area (TPSA) is 88.9 Å². The number of nitrogens with one attached hydrogen (secondary N) is 2. The molecule has 3 rings (SSSR count). The molecule has 2 aromatic carbocycles. The van der Waals surface area contributed by atoms with Gasteiger partial charge in [0, 0.05) is 18.3 Å². The fourth-order valence-electron chi connectivity index (χ4n) is 3.18. The molecule has 162 valence electrons. The molecule has 0 aliphatic carbocycles. The Hall–Kier alpha value is -3.13. The third-order valence-electron chi connectivity index (χ3n) is 4.99. The van der Waals surface area contributed by atoms with Crippen LogP contribution in [0.1, 0.15) is 45.8 Å². The van der Waals surface area contributed by atoms with E-state index in [1.54, 1.807) is 10.6 Å². The van der Waals surface area contributed by atoms with Gasteiger partial charge in [-0.05, 0) is 56.5 Å². The summed E-state index contributed by atoms with van der Waals surface area (Å²) in [4.78, 5) is 25.0. The van der Waals surface area contributed by atoms with Crippen LogP contribution in [-0.4, -0.2) is 32.3 Å². The SMILES string of the molecule is Cc1ccc(C)c(NC(=O)CSc2nnc([C@H](C)NC(=O)c3ccccc3C)n2C)c1. The van der Waals surface area contributed by atoms with Crippen molar-refractivity contribution in [2.24, 2.45) is 7.05 Å². The molecule has 3 aromatic rings. The molecule has 7 nitrogen and oxygen atoms in total. The van der Waals surface area contributed by atoms with Gasteiger partial charge in [-0.15, -0.1) is 10.2 Å². The Morgan fingerprint density at radius 2 is 1.81 bits per heavy atom. The molecule has 2 amide bonds. The smallest absolute Gasteiger partial charge is 0.252 e. The number of benzene rings is 2. The van der Waals surface area contributed by atoms with Crippen LogP contribution in [0.4, 0.5) is 5.69 Å². The number of hydrogen-bond acceptors (Lipinski definition) is 5. The molecule has 1 atom stereocenters. The van der Waals surface area contributed by atoms with Gasteiger partial charge in [-0.2, -0.15) is 0 Å². The molecule has 0 saturated carbocycles. The van der Waals surface area contributed by atoms with Crippen LogP contribution in [-0.2, 0) is 11.8 Å². The maximum absolute atomic E-state index is 12.6. The molecule has 8 heteroatoms. The first-order valence-corrected chi connectivity index (χ1v) is 11.0. The fraction of sp³-hybridized carbons (Fsp3) is 0.304. The number of amides is 2. The lowest BCUT2D eigenvalue weighted by molar-refractivity contribution is -0.113. The van der Waals surface area contributed by atoms with Crippen molar-refractivity contribution in [3.63, 3.8) is 0 Å². The number of anilines is 1. The Balaban J connectivity index is 1.60. The minimum atomic E-state index is -0.331. The van der Waals surface area contributed by atoms with Gasteiger partial charge in [-0.1, -0.05) is 42.1 Å². The summed E-state index contributed by atoms with van der Waals surface area (Å²) in [7, 11) is 1.83. The maximum atomic E-state index is 12.6. The second-order valence-corrected chi connectivity index (χ2v) is 8.51. The van der Waals surface area contributed by atoms with Crippen LogP contribution < -0.4 is 10.6 Å². The average molecular weight is 438 g/mol. The summed E-state index contributed by atoms with van der Waals surface area (Å²) in [6.07, 6.45) is 0. The van der Waals surface area contributed by atoms with E-state index in [1.807, 2.05) is 71.1 Å². The summed E-state index contributed by atoms with van der Waals surface area (Å²) in [5.74, 6) is 0.572. The lowest BCUT2D eigenvalue weighted by atomic mass is 10.1. The molecular weight excluding hydrogens is 410 g/mol. The van der Waals surface area contributed by atoms with Gasteiger partial charge < -0.3 is 15.2 Å². The van der Waals surface area contributed by atoms with Crippen LogP contribution in [0.15, 0.2) is 47.6 Å². The number of thioether (sulfide) groups is 1. The lowest BCUT2D eigenvalue weighted by Gasteiger charge is -2.14. The van der Waals surface area contributed by atoms with E-state index >= 15 is 0 Å². The largest absolute Gasteiger partial charge is 0.342 e. The molecule has 0 unspecified atom stereocenters. The van der Waals surface area contributed by atoms with E-state index in [0.717, 1.165) is 22.4 Å².